The molecule has 0 unspecified atom stereocenters. The Morgan fingerprint density at radius 3 is 0.520 bits per heavy atom. The van der Waals surface area contributed by atoms with Gasteiger partial charge in [-0.1, -0.05) is 104 Å². The van der Waals surface area contributed by atoms with Gasteiger partial charge in [0.15, 0.2) is 0 Å². The van der Waals surface area contributed by atoms with Gasteiger partial charge in [0.05, 0.1) is 0 Å². The molecule has 8 heterocycles. The third-order valence-electron chi connectivity index (χ3n) is 12.8. The van der Waals surface area contributed by atoms with E-state index < -0.39 is 0 Å². The summed E-state index contributed by atoms with van der Waals surface area (Å²) >= 11 is 0. The van der Waals surface area contributed by atoms with Crippen LogP contribution in [0, 0.1) is 0 Å². The molecule has 4 aliphatic heterocycles. The first-order valence-corrected chi connectivity index (χ1v) is 18.3. The fourth-order valence-electron chi connectivity index (χ4n) is 8.02. The molecule has 10 rings (SSSR count). The predicted octanol–water partition coefficient (Wildman–Crippen LogP) is 11.3. The van der Waals surface area contributed by atoms with Crippen LogP contribution >= 0.6 is 0 Å². The van der Waals surface area contributed by atoms with Gasteiger partial charge >= 0.3 is 0 Å². The topological polar surface area (TPSA) is 63.2 Å². The quantitative estimate of drug-likeness (QED) is 0.125. The molecule has 260 valence electrons. The van der Waals surface area contributed by atoms with Crippen molar-refractivity contribution in [2.24, 2.45) is 0 Å². The highest BCUT2D eigenvalue weighted by Gasteiger charge is 2.35. The van der Waals surface area contributed by atoms with E-state index in [-0.39, 0.29) is 32.5 Å². The fourth-order valence-corrected chi connectivity index (χ4v) is 8.02. The van der Waals surface area contributed by atoms with Crippen molar-refractivity contribution in [3.8, 4) is 0 Å². The van der Waals surface area contributed by atoms with E-state index in [1.54, 1.807) is 0 Å². The number of aromatic amines is 4. The van der Waals surface area contributed by atoms with E-state index in [1.807, 2.05) is 0 Å². The van der Waals surface area contributed by atoms with E-state index in [4.69, 9.17) is 0 Å². The smallest absolute Gasteiger partial charge is 0.0447 e. The summed E-state index contributed by atoms with van der Waals surface area (Å²) in [5, 5.41) is 0. The molecule has 0 spiro atoms. The molecule has 4 aliphatic rings. The van der Waals surface area contributed by atoms with E-state index in [1.165, 1.54) is 67.8 Å². The molecule has 12 bridgehead atoms. The number of hydrogen-bond acceptors (Lipinski definition) is 0. The summed E-state index contributed by atoms with van der Waals surface area (Å²) in [7, 11) is 0. The van der Waals surface area contributed by atoms with E-state index in [0.29, 0.717) is 0 Å². The van der Waals surface area contributed by atoms with E-state index in [9.17, 15) is 0 Å². The van der Waals surface area contributed by atoms with Crippen LogP contribution in [-0.4, -0.2) is 19.9 Å². The largest absolute Gasteiger partial charge is 0.361 e. The number of aromatic nitrogens is 4. The lowest BCUT2D eigenvalue weighted by molar-refractivity contribution is 0.563. The van der Waals surface area contributed by atoms with Crippen molar-refractivity contribution >= 4 is 0 Å². The van der Waals surface area contributed by atoms with Crippen molar-refractivity contribution in [1.82, 2.24) is 19.9 Å². The van der Waals surface area contributed by atoms with E-state index >= 15 is 0 Å². The SMILES string of the molecule is CC1(C)c2ccc(cc2)C(C)(C)c2ccc([nH]2)C(C)(C)c2ccc([nH]2)C(C)(C)c2ccc(cc2)C(C)(C)c2ccc([nH]2)C(C)(C)c2ccc1[nH]2. The lowest BCUT2D eigenvalue weighted by Gasteiger charge is -2.30. The summed E-state index contributed by atoms with van der Waals surface area (Å²) in [4.78, 5) is 15.4. The second-order valence-electron chi connectivity index (χ2n) is 18.0. The molecule has 4 heteroatoms. The molecule has 0 radical (unpaired) electrons. The molecule has 6 aromatic rings. The molecule has 0 fully saturated rings. The zero-order chi connectivity index (χ0) is 36.1. The Labute approximate surface area is 299 Å². The van der Waals surface area contributed by atoms with Crippen LogP contribution in [0.5, 0.6) is 0 Å². The molecule has 2 aromatic carbocycles. The summed E-state index contributed by atoms with van der Waals surface area (Å²) in [5.74, 6) is 0. The van der Waals surface area contributed by atoms with Gasteiger partial charge in [0.25, 0.3) is 0 Å². The molecular formula is C46H56N4. The first-order valence-electron chi connectivity index (χ1n) is 18.3. The van der Waals surface area contributed by atoms with Crippen LogP contribution in [0.4, 0.5) is 0 Å². The van der Waals surface area contributed by atoms with Gasteiger partial charge in [0, 0.05) is 78.0 Å². The van der Waals surface area contributed by atoms with Crippen LogP contribution < -0.4 is 0 Å². The first-order chi connectivity index (χ1) is 23.3. The maximum atomic E-state index is 3.86. The zero-order valence-corrected chi connectivity index (χ0v) is 32.2. The summed E-state index contributed by atoms with van der Waals surface area (Å²) in [6, 6.07) is 36.7. The summed E-state index contributed by atoms with van der Waals surface area (Å²) < 4.78 is 0. The fraction of sp³-hybridized carbons (Fsp3) is 0.391. The Morgan fingerprint density at radius 1 is 0.220 bits per heavy atom. The van der Waals surface area contributed by atoms with Crippen LogP contribution in [0.15, 0.2) is 97.1 Å². The monoisotopic (exact) mass is 664 g/mol. The van der Waals surface area contributed by atoms with Crippen LogP contribution in [0.25, 0.3) is 0 Å². The van der Waals surface area contributed by atoms with E-state index in [2.05, 4.69) is 200 Å². The van der Waals surface area contributed by atoms with Crippen molar-refractivity contribution in [1.29, 1.82) is 0 Å². The third kappa shape index (κ3) is 5.17. The van der Waals surface area contributed by atoms with Gasteiger partial charge in [0.2, 0.25) is 0 Å². The Balaban J connectivity index is 1.36. The average molecular weight is 665 g/mol. The van der Waals surface area contributed by atoms with Gasteiger partial charge in [-0.3, -0.25) is 0 Å². The van der Waals surface area contributed by atoms with Crippen molar-refractivity contribution in [3.05, 3.63) is 165 Å². The molecule has 50 heavy (non-hydrogen) atoms. The van der Waals surface area contributed by atoms with Gasteiger partial charge in [-0.2, -0.15) is 0 Å². The van der Waals surface area contributed by atoms with Gasteiger partial charge in [-0.25, -0.2) is 0 Å². The van der Waals surface area contributed by atoms with Gasteiger partial charge in [0.1, 0.15) is 0 Å². The van der Waals surface area contributed by atoms with Crippen molar-refractivity contribution in [3.63, 3.8) is 0 Å². The lowest BCUT2D eigenvalue weighted by Crippen LogP contribution is -2.25. The minimum atomic E-state index is -0.228. The number of H-pyrrole nitrogens is 4. The second kappa shape index (κ2) is 11.0. The summed E-state index contributed by atoms with van der Waals surface area (Å²) in [6.07, 6.45) is 0. The molecule has 0 atom stereocenters. The first kappa shape index (κ1) is 34.0. The Kier molecular flexibility index (Phi) is 7.51. The highest BCUT2D eigenvalue weighted by molar-refractivity contribution is 5.46. The number of benzene rings is 2. The number of nitrogens with one attached hydrogen (secondary N) is 4. The van der Waals surface area contributed by atoms with Gasteiger partial charge < -0.3 is 19.9 Å². The normalized spacial score (nSPS) is 19.8. The predicted molar refractivity (Wildman–Crippen MR) is 209 cm³/mol. The molecule has 0 saturated heterocycles. The summed E-state index contributed by atoms with van der Waals surface area (Å²) in [5.41, 5.74) is 13.6. The maximum Gasteiger partial charge on any atom is 0.0447 e. The molecule has 0 amide bonds. The molecule has 0 saturated carbocycles. The number of hydrogen-bond donors (Lipinski definition) is 4. The van der Waals surface area contributed by atoms with Gasteiger partial charge in [-0.05, 0) is 98.5 Å². The minimum absolute atomic E-state index is 0.190. The van der Waals surface area contributed by atoms with Crippen molar-refractivity contribution < 1.29 is 0 Å². The minimum Gasteiger partial charge on any atom is -0.361 e. The molecule has 4 aromatic heterocycles. The standard InChI is InChI=1S/C46H56N4/c1-41(2)29-13-15-30(16-14-29)42(3,4)34-23-27-39(49-34)46(11,12)40-28-24-36(50-40)44(7,8)32-19-17-31(18-20-32)43(5,6)35-22-26-38(48-35)45(9,10)37-25-21-33(41)47-37/h13-28,47-50H,1-12H3. The number of rotatable bonds is 0. The Morgan fingerprint density at radius 2 is 0.360 bits per heavy atom. The highest BCUT2D eigenvalue weighted by Crippen LogP contribution is 2.41. The Bertz CT molecular complexity index is 1840. The zero-order valence-electron chi connectivity index (χ0n) is 32.2. The Hall–Kier alpha value is -4.44. The lowest BCUT2D eigenvalue weighted by atomic mass is 9.77. The van der Waals surface area contributed by atoms with Gasteiger partial charge in [-0.15, -0.1) is 0 Å². The second-order valence-corrected chi connectivity index (χ2v) is 18.0. The van der Waals surface area contributed by atoms with Crippen molar-refractivity contribution in [2.75, 3.05) is 0 Å². The molecular weight excluding hydrogens is 609 g/mol. The third-order valence-corrected chi connectivity index (χ3v) is 12.8. The van der Waals surface area contributed by atoms with Crippen LogP contribution in [0.1, 0.15) is 151 Å². The molecule has 4 nitrogen and oxygen atoms in total. The van der Waals surface area contributed by atoms with Crippen molar-refractivity contribution in [2.45, 2.75) is 116 Å². The van der Waals surface area contributed by atoms with Crippen LogP contribution in [-0.2, 0) is 32.5 Å². The summed E-state index contributed by atoms with van der Waals surface area (Å²) in [6.45, 7) is 27.8. The van der Waals surface area contributed by atoms with Crippen LogP contribution in [0.2, 0.25) is 0 Å². The van der Waals surface area contributed by atoms with E-state index in [0.717, 1.165) is 0 Å². The molecule has 4 N–H and O–H groups in total. The maximum absolute atomic E-state index is 3.86. The van der Waals surface area contributed by atoms with Crippen LogP contribution in [0.3, 0.4) is 0 Å². The molecule has 0 aliphatic carbocycles. The average Bonchev–Trinajstić information content (AvgIpc) is 3.91. The highest BCUT2D eigenvalue weighted by atomic mass is 14.8.